The predicted octanol–water partition coefficient (Wildman–Crippen LogP) is 4.89. The molecule has 176 valence electrons. The number of carbonyl (C=O) groups is 1. The van der Waals surface area contributed by atoms with E-state index < -0.39 is 6.16 Å². The number of benzene rings is 2. The first kappa shape index (κ1) is 22.1. The monoisotopic (exact) mass is 461 g/mol. The van der Waals surface area contributed by atoms with E-state index in [0.29, 0.717) is 18.0 Å². The highest BCUT2D eigenvalue weighted by molar-refractivity contribution is 5.68. The first-order valence-electron chi connectivity index (χ1n) is 11.2. The Hall–Kier alpha value is -3.71. The molecule has 0 N–H and O–H groups in total. The lowest BCUT2D eigenvalue weighted by Gasteiger charge is -2.41. The van der Waals surface area contributed by atoms with Gasteiger partial charge in [-0.15, -0.1) is 0 Å². The minimum Gasteiger partial charge on any atom is -0.493 e. The Labute approximate surface area is 198 Å². The van der Waals surface area contributed by atoms with E-state index in [1.807, 2.05) is 12.1 Å². The summed E-state index contributed by atoms with van der Waals surface area (Å²) in [6.45, 7) is 9.21. The molecule has 0 aromatic heterocycles. The fourth-order valence-electron chi connectivity index (χ4n) is 4.85. The molecule has 1 atom stereocenters. The summed E-state index contributed by atoms with van der Waals surface area (Å²) in [6, 6.07) is 8.34. The Bertz CT molecular complexity index is 1180. The summed E-state index contributed by atoms with van der Waals surface area (Å²) in [7, 11) is 1.56. The smallest absolute Gasteiger partial charge is 0.493 e. The third kappa shape index (κ3) is 4.03. The van der Waals surface area contributed by atoms with E-state index in [1.165, 1.54) is 11.1 Å². The zero-order chi connectivity index (χ0) is 23.7. The van der Waals surface area contributed by atoms with Crippen molar-refractivity contribution in [1.82, 2.24) is 4.90 Å². The van der Waals surface area contributed by atoms with Gasteiger partial charge in [0.1, 0.15) is 6.61 Å². The highest BCUT2D eigenvalue weighted by atomic mass is 16.7. The number of allylic oxidation sites excluding steroid dienone is 2. The summed E-state index contributed by atoms with van der Waals surface area (Å²) in [5.74, 6) is 2.54. The van der Waals surface area contributed by atoms with Crippen LogP contribution in [0.3, 0.4) is 0 Å². The highest BCUT2D eigenvalue weighted by Crippen LogP contribution is 2.46. The molecule has 0 saturated heterocycles. The number of ether oxygens (including phenoxy) is 5. The Morgan fingerprint density at radius 1 is 1.21 bits per heavy atom. The Morgan fingerprint density at radius 2 is 2.03 bits per heavy atom. The molecule has 2 aromatic carbocycles. The van der Waals surface area contributed by atoms with E-state index in [4.69, 9.17) is 23.7 Å². The third-order valence-electron chi connectivity index (χ3n) is 6.55. The third-order valence-corrected chi connectivity index (χ3v) is 6.55. The van der Waals surface area contributed by atoms with Crippen molar-refractivity contribution < 1.29 is 28.5 Å². The number of hydrogen-bond donors (Lipinski definition) is 0. The second-order valence-corrected chi connectivity index (χ2v) is 8.40. The minimum atomic E-state index is -0.790. The normalized spacial score (nSPS) is 18.3. The van der Waals surface area contributed by atoms with Crippen LogP contribution >= 0.6 is 0 Å². The number of nitrogens with zero attached hydrogens (tertiary/aromatic N) is 1. The summed E-state index contributed by atoms with van der Waals surface area (Å²) in [6.07, 6.45) is 5.87. The summed E-state index contributed by atoms with van der Waals surface area (Å²) in [5.41, 5.74) is 5.36. The molecule has 3 heterocycles. The molecule has 7 nitrogen and oxygen atoms in total. The van der Waals surface area contributed by atoms with Gasteiger partial charge in [0, 0.05) is 24.7 Å². The maximum absolute atomic E-state index is 12.5. The molecule has 0 saturated carbocycles. The van der Waals surface area contributed by atoms with E-state index in [0.717, 1.165) is 47.6 Å². The quantitative estimate of drug-likeness (QED) is 0.345. The zero-order valence-corrected chi connectivity index (χ0v) is 19.2. The zero-order valence-electron chi connectivity index (χ0n) is 19.2. The summed E-state index contributed by atoms with van der Waals surface area (Å²) in [4.78, 5) is 14.9. The molecule has 3 aliphatic heterocycles. The van der Waals surface area contributed by atoms with Gasteiger partial charge in [0.2, 0.25) is 6.79 Å². The molecule has 5 rings (SSSR count). The van der Waals surface area contributed by atoms with Crippen LogP contribution in [0.25, 0.3) is 0 Å². The van der Waals surface area contributed by atoms with Gasteiger partial charge < -0.3 is 23.7 Å². The van der Waals surface area contributed by atoms with Crippen LogP contribution in [0.2, 0.25) is 0 Å². The molecule has 2 aromatic rings. The minimum absolute atomic E-state index is 0.0484. The summed E-state index contributed by atoms with van der Waals surface area (Å²) < 4.78 is 27.7. The van der Waals surface area contributed by atoms with E-state index in [-0.39, 0.29) is 19.4 Å². The van der Waals surface area contributed by atoms with Crippen molar-refractivity contribution >= 4 is 6.16 Å². The van der Waals surface area contributed by atoms with Crippen molar-refractivity contribution in [3.63, 3.8) is 0 Å². The molecule has 0 amide bonds. The van der Waals surface area contributed by atoms with Gasteiger partial charge in [-0.1, -0.05) is 37.5 Å². The van der Waals surface area contributed by atoms with Crippen molar-refractivity contribution in [1.29, 1.82) is 0 Å². The van der Waals surface area contributed by atoms with Crippen molar-refractivity contribution in [3.8, 4) is 23.0 Å². The molecule has 0 spiro atoms. The summed E-state index contributed by atoms with van der Waals surface area (Å²) in [5, 5.41) is 0. The highest BCUT2D eigenvalue weighted by Gasteiger charge is 2.36. The van der Waals surface area contributed by atoms with Gasteiger partial charge in [0.05, 0.1) is 7.11 Å². The van der Waals surface area contributed by atoms with Crippen LogP contribution < -0.4 is 18.9 Å². The van der Waals surface area contributed by atoms with E-state index in [1.54, 1.807) is 25.3 Å². The average Bonchev–Trinajstić information content (AvgIpc) is 3.32. The van der Waals surface area contributed by atoms with Crippen molar-refractivity contribution in [2.24, 2.45) is 0 Å². The molecule has 0 fully saturated rings. The fraction of sp³-hybridized carbons (Fsp3) is 0.296. The first-order valence-corrected chi connectivity index (χ1v) is 11.2. The lowest BCUT2D eigenvalue weighted by atomic mass is 9.83. The fourth-order valence-corrected chi connectivity index (χ4v) is 4.85. The molecule has 0 radical (unpaired) electrons. The van der Waals surface area contributed by atoms with Crippen LogP contribution in [0.15, 0.2) is 61.2 Å². The second-order valence-electron chi connectivity index (χ2n) is 8.40. The average molecular weight is 462 g/mol. The molecule has 1 unspecified atom stereocenters. The van der Waals surface area contributed by atoms with Crippen LogP contribution in [0.4, 0.5) is 4.79 Å². The maximum Gasteiger partial charge on any atom is 0.514 e. The molecule has 7 heteroatoms. The lowest BCUT2D eigenvalue weighted by molar-refractivity contribution is 0.104. The van der Waals surface area contributed by atoms with E-state index in [9.17, 15) is 4.79 Å². The van der Waals surface area contributed by atoms with Gasteiger partial charge in [-0.05, 0) is 53.3 Å². The van der Waals surface area contributed by atoms with Crippen molar-refractivity contribution in [2.75, 3.05) is 27.1 Å². The molecular weight excluding hydrogens is 434 g/mol. The molecule has 0 bridgehead atoms. The topological polar surface area (TPSA) is 66.5 Å². The maximum atomic E-state index is 12.5. The predicted molar refractivity (Wildman–Crippen MR) is 127 cm³/mol. The number of hydrogen-bond acceptors (Lipinski definition) is 7. The number of fused-ring (bicyclic) bond motifs is 5. The SMILES string of the molecule is C=C/C=C(\C=C)COC(=O)Oc1c(OC)ccc2c1CN1CCc3cc4c(cc3C1C2)OCO4. The van der Waals surface area contributed by atoms with Crippen LogP contribution in [0, 0.1) is 0 Å². The standard InChI is InChI=1S/C27H27NO6/c1-4-6-17(5-2)15-31-27(29)34-26-21-14-28-10-9-19-12-24-25(33-16-32-24)13-20(19)22(28)11-18(21)7-8-23(26)30-3/h4-8,12-13,22H,1-2,9-11,14-16H2,3H3/b17-6+. The second kappa shape index (κ2) is 9.27. The number of carbonyl (C=O) groups excluding carboxylic acids is 1. The molecule has 3 aliphatic rings. The van der Waals surface area contributed by atoms with Crippen LogP contribution in [0.1, 0.15) is 28.3 Å². The van der Waals surface area contributed by atoms with Gasteiger partial charge in [0.15, 0.2) is 23.0 Å². The number of methoxy groups -OCH3 is 1. The largest absolute Gasteiger partial charge is 0.514 e. The molecule has 0 aliphatic carbocycles. The Morgan fingerprint density at radius 3 is 2.79 bits per heavy atom. The van der Waals surface area contributed by atoms with Crippen molar-refractivity contribution in [2.45, 2.75) is 25.4 Å². The number of rotatable bonds is 6. The first-order chi connectivity index (χ1) is 16.6. The van der Waals surface area contributed by atoms with E-state index in [2.05, 4.69) is 30.2 Å². The van der Waals surface area contributed by atoms with Gasteiger partial charge in [-0.3, -0.25) is 4.90 Å². The summed E-state index contributed by atoms with van der Waals surface area (Å²) >= 11 is 0. The van der Waals surface area contributed by atoms with Gasteiger partial charge in [-0.25, -0.2) is 4.79 Å². The van der Waals surface area contributed by atoms with Crippen LogP contribution in [-0.2, 0) is 24.1 Å². The van der Waals surface area contributed by atoms with Gasteiger partial charge in [0.25, 0.3) is 0 Å². The van der Waals surface area contributed by atoms with Crippen LogP contribution in [0.5, 0.6) is 23.0 Å². The van der Waals surface area contributed by atoms with Gasteiger partial charge >= 0.3 is 6.16 Å². The van der Waals surface area contributed by atoms with Crippen LogP contribution in [-0.4, -0.2) is 38.1 Å². The molecular formula is C27H27NO6. The Kier molecular flexibility index (Phi) is 6.02. The lowest BCUT2D eigenvalue weighted by Crippen LogP contribution is -2.39. The van der Waals surface area contributed by atoms with Gasteiger partial charge in [-0.2, -0.15) is 0 Å². The van der Waals surface area contributed by atoms with Crippen molar-refractivity contribution in [3.05, 3.63) is 83.5 Å². The Balaban J connectivity index is 1.40. The van der Waals surface area contributed by atoms with E-state index >= 15 is 0 Å². The molecule has 34 heavy (non-hydrogen) atoms.